The van der Waals surface area contributed by atoms with Gasteiger partial charge in [-0.15, -0.1) is 17.4 Å². The van der Waals surface area contributed by atoms with Gasteiger partial charge in [-0.25, -0.2) is 0 Å². The summed E-state index contributed by atoms with van der Waals surface area (Å²) in [6.45, 7) is 4.32. The molecule has 24 heavy (non-hydrogen) atoms. The predicted octanol–water partition coefficient (Wildman–Crippen LogP) is 5.14. The zero-order valence-corrected chi connectivity index (χ0v) is 17.3. The third kappa shape index (κ3) is 3.20. The molecule has 0 unspecified atom stereocenters. The Morgan fingerprint density at radius 1 is 1.17 bits per heavy atom. The van der Waals surface area contributed by atoms with E-state index in [4.69, 9.17) is 4.74 Å². The summed E-state index contributed by atoms with van der Waals surface area (Å²) in [5.41, 5.74) is 3.67. The van der Waals surface area contributed by atoms with Crippen molar-refractivity contribution in [1.29, 1.82) is 0 Å². The molecule has 2 nitrogen and oxygen atoms in total. The zero-order valence-electron chi connectivity index (χ0n) is 13.7. The molecule has 0 bridgehead atoms. The van der Waals surface area contributed by atoms with Crippen LogP contribution in [0.5, 0.6) is 5.75 Å². The van der Waals surface area contributed by atoms with E-state index in [1.807, 2.05) is 36.6 Å². The van der Waals surface area contributed by atoms with Gasteiger partial charge in [-0.05, 0) is 36.6 Å². The van der Waals surface area contributed by atoms with E-state index in [9.17, 15) is 0 Å². The van der Waals surface area contributed by atoms with Crippen LogP contribution in [-0.2, 0) is 37.1 Å². The minimum absolute atomic E-state index is 0. The Morgan fingerprint density at radius 2 is 1.96 bits per heavy atom. The standard InChI is InChI=1S/C19H16NOS.2V/c1-12-8-9-17-14(10-12)13(2)18(22-17)11-19-20(3)15-6-4-5-7-16(15)21-19;;/h5-11H,1-3H3;;/q-1;;. The number of aryl methyl sites for hydroxylation is 2. The van der Waals surface area contributed by atoms with E-state index < -0.39 is 0 Å². The van der Waals surface area contributed by atoms with Gasteiger partial charge in [-0.3, -0.25) is 0 Å². The van der Waals surface area contributed by atoms with Crippen LogP contribution in [0.25, 0.3) is 16.2 Å². The summed E-state index contributed by atoms with van der Waals surface area (Å²) in [6.07, 6.45) is 2.13. The first kappa shape index (κ1) is 19.2. The number of hydrogen-bond donors (Lipinski definition) is 0. The maximum Gasteiger partial charge on any atom is 0.187 e. The summed E-state index contributed by atoms with van der Waals surface area (Å²) >= 11 is 1.81. The minimum Gasteiger partial charge on any atom is -0.465 e. The van der Waals surface area contributed by atoms with Crippen LogP contribution in [0.1, 0.15) is 16.0 Å². The molecule has 0 atom stereocenters. The molecule has 2 heterocycles. The topological polar surface area (TPSA) is 12.5 Å². The molecule has 1 aliphatic heterocycles. The summed E-state index contributed by atoms with van der Waals surface area (Å²) in [5.74, 6) is 1.75. The first-order valence-corrected chi connectivity index (χ1v) is 8.08. The smallest absolute Gasteiger partial charge is 0.187 e. The van der Waals surface area contributed by atoms with Gasteiger partial charge in [0.2, 0.25) is 0 Å². The molecule has 1 aliphatic rings. The van der Waals surface area contributed by atoms with Crippen LogP contribution in [0.3, 0.4) is 0 Å². The molecule has 2 radical (unpaired) electrons. The van der Waals surface area contributed by atoms with E-state index in [1.165, 1.54) is 26.1 Å². The van der Waals surface area contributed by atoms with Crippen LogP contribution in [0.15, 0.2) is 42.3 Å². The van der Waals surface area contributed by atoms with Crippen molar-refractivity contribution in [3.05, 3.63) is 64.4 Å². The van der Waals surface area contributed by atoms with E-state index in [1.54, 1.807) is 0 Å². The molecule has 0 aliphatic carbocycles. The summed E-state index contributed by atoms with van der Waals surface area (Å²) in [4.78, 5) is 3.32. The van der Waals surface area contributed by atoms with Gasteiger partial charge in [0, 0.05) is 65.6 Å². The molecule has 0 fully saturated rings. The number of anilines is 1. The van der Waals surface area contributed by atoms with Crippen molar-refractivity contribution in [1.82, 2.24) is 0 Å². The van der Waals surface area contributed by atoms with Crippen LogP contribution in [0.4, 0.5) is 5.69 Å². The van der Waals surface area contributed by atoms with Crippen molar-refractivity contribution < 1.29 is 41.8 Å². The molecule has 2 aromatic carbocycles. The largest absolute Gasteiger partial charge is 0.465 e. The van der Waals surface area contributed by atoms with Crippen molar-refractivity contribution in [3.63, 3.8) is 0 Å². The molecule has 0 spiro atoms. The second kappa shape index (κ2) is 7.43. The van der Waals surface area contributed by atoms with Gasteiger partial charge >= 0.3 is 0 Å². The molecule has 5 heteroatoms. The van der Waals surface area contributed by atoms with E-state index in [0.717, 1.165) is 17.3 Å². The molecular weight excluding hydrogens is 392 g/mol. The average Bonchev–Trinajstić information content (AvgIpc) is 2.99. The molecule has 120 valence electrons. The predicted molar refractivity (Wildman–Crippen MR) is 93.6 cm³/mol. The van der Waals surface area contributed by atoms with E-state index in [-0.39, 0.29) is 37.1 Å². The zero-order chi connectivity index (χ0) is 15.3. The maximum absolute atomic E-state index is 5.97. The molecule has 3 aromatic rings. The normalized spacial score (nSPS) is 14.1. The Kier molecular flexibility index (Phi) is 5.95. The summed E-state index contributed by atoms with van der Waals surface area (Å²) in [7, 11) is 2.03. The first-order valence-electron chi connectivity index (χ1n) is 7.26. The molecular formula is C19H16NOSV2-. The number of nitrogens with zero attached hydrogens (tertiary/aromatic N) is 1. The quantitative estimate of drug-likeness (QED) is 0.517. The van der Waals surface area contributed by atoms with Crippen molar-refractivity contribution in [2.24, 2.45) is 0 Å². The summed E-state index contributed by atoms with van der Waals surface area (Å²) in [5, 5.41) is 1.34. The van der Waals surface area contributed by atoms with Gasteiger partial charge < -0.3 is 9.64 Å². The SMILES string of the molecule is Cc1ccc2sc(C=C3Oc4cc[c-]cc4N3C)c(C)c2c1.[V].[V]. The van der Waals surface area contributed by atoms with Gasteiger partial charge in [0.1, 0.15) is 0 Å². The third-order valence-electron chi connectivity index (χ3n) is 4.09. The van der Waals surface area contributed by atoms with Crippen molar-refractivity contribution in [2.75, 3.05) is 11.9 Å². The van der Waals surface area contributed by atoms with Crippen molar-refractivity contribution in [3.8, 4) is 5.75 Å². The first-order chi connectivity index (χ1) is 10.6. The number of thiophene rings is 1. The molecule has 0 saturated carbocycles. The number of benzene rings is 2. The number of fused-ring (bicyclic) bond motifs is 2. The molecule has 0 N–H and O–H groups in total. The van der Waals surface area contributed by atoms with E-state index >= 15 is 0 Å². The van der Waals surface area contributed by atoms with Crippen molar-refractivity contribution in [2.45, 2.75) is 13.8 Å². The summed E-state index contributed by atoms with van der Waals surface area (Å²) < 4.78 is 7.29. The molecule has 4 rings (SSSR count). The summed E-state index contributed by atoms with van der Waals surface area (Å²) in [6, 6.07) is 15.5. The molecule has 0 saturated heterocycles. The van der Waals surface area contributed by atoms with Gasteiger partial charge in [-0.2, -0.15) is 18.2 Å². The fraction of sp³-hybridized carbons (Fsp3) is 0.158. The van der Waals surface area contributed by atoms with E-state index in [2.05, 4.69) is 49.1 Å². The van der Waals surface area contributed by atoms with E-state index in [0.29, 0.717) is 0 Å². The van der Waals surface area contributed by atoms with Crippen LogP contribution in [-0.4, -0.2) is 7.05 Å². The van der Waals surface area contributed by atoms with Gasteiger partial charge in [0.15, 0.2) is 5.88 Å². The Balaban J connectivity index is 0.00000104. The van der Waals surface area contributed by atoms with Crippen LogP contribution in [0, 0.1) is 19.9 Å². The van der Waals surface area contributed by atoms with Crippen LogP contribution < -0.4 is 9.64 Å². The minimum atomic E-state index is 0. The Labute approximate surface area is 170 Å². The average molecular weight is 408 g/mol. The second-order valence-corrected chi connectivity index (χ2v) is 6.71. The Hall–Kier alpha value is -1.09. The van der Waals surface area contributed by atoms with Gasteiger partial charge in [0.25, 0.3) is 0 Å². The third-order valence-corrected chi connectivity index (χ3v) is 5.31. The number of rotatable bonds is 1. The fourth-order valence-electron chi connectivity index (χ4n) is 2.79. The van der Waals surface area contributed by atoms with Crippen molar-refractivity contribution >= 4 is 33.2 Å². The fourth-order valence-corrected chi connectivity index (χ4v) is 3.90. The number of ether oxygens (including phenoxy) is 1. The second-order valence-electron chi connectivity index (χ2n) is 5.63. The molecule has 1 aromatic heterocycles. The molecule has 0 amide bonds. The van der Waals surface area contributed by atoms with Crippen LogP contribution in [0.2, 0.25) is 0 Å². The van der Waals surface area contributed by atoms with Gasteiger partial charge in [0.05, 0.1) is 0 Å². The van der Waals surface area contributed by atoms with Gasteiger partial charge in [-0.1, -0.05) is 17.7 Å². The Morgan fingerprint density at radius 3 is 2.71 bits per heavy atom. The monoisotopic (exact) mass is 408 g/mol. The maximum atomic E-state index is 5.97. The Bertz CT molecular complexity index is 917. The van der Waals surface area contributed by atoms with Crippen LogP contribution >= 0.6 is 11.3 Å². The number of hydrogen-bond acceptors (Lipinski definition) is 3.